The summed E-state index contributed by atoms with van der Waals surface area (Å²) < 4.78 is 5.73. The number of nitrogens with one attached hydrogen (secondary N) is 1. The van der Waals surface area contributed by atoms with E-state index in [0.29, 0.717) is 12.5 Å². The molecule has 1 saturated heterocycles. The molecule has 1 N–H and O–H groups in total. The number of morpholine rings is 1. The van der Waals surface area contributed by atoms with Crippen molar-refractivity contribution < 1.29 is 14.3 Å². The molecule has 6 nitrogen and oxygen atoms in total. The van der Waals surface area contributed by atoms with Gasteiger partial charge in [-0.1, -0.05) is 0 Å². The minimum Gasteiger partial charge on any atom is -0.374 e. The molecular weight excluding hydrogens is 258 g/mol. The third kappa shape index (κ3) is 5.09. The Morgan fingerprint density at radius 2 is 2.10 bits per heavy atom. The molecule has 1 aliphatic carbocycles. The van der Waals surface area contributed by atoms with E-state index in [4.69, 9.17) is 4.74 Å². The highest BCUT2D eigenvalue weighted by atomic mass is 16.5. The van der Waals surface area contributed by atoms with E-state index in [1.165, 1.54) is 19.8 Å². The smallest absolute Gasteiger partial charge is 0.242 e. The summed E-state index contributed by atoms with van der Waals surface area (Å²) in [4.78, 5) is 27.2. The molecule has 6 heteroatoms. The molecular formula is C14H25N3O3. The summed E-state index contributed by atoms with van der Waals surface area (Å²) in [5.74, 6) is 0.458. The lowest BCUT2D eigenvalue weighted by Crippen LogP contribution is -2.49. The van der Waals surface area contributed by atoms with Crippen LogP contribution < -0.4 is 5.32 Å². The Morgan fingerprint density at radius 3 is 2.70 bits per heavy atom. The molecule has 1 heterocycles. The summed E-state index contributed by atoms with van der Waals surface area (Å²) in [6.07, 6.45) is 2.48. The van der Waals surface area contributed by atoms with Gasteiger partial charge in [0.15, 0.2) is 0 Å². The average Bonchev–Trinajstić information content (AvgIpc) is 3.19. The zero-order valence-corrected chi connectivity index (χ0v) is 12.4. The molecule has 2 amide bonds. The van der Waals surface area contributed by atoms with Gasteiger partial charge >= 0.3 is 0 Å². The lowest BCUT2D eigenvalue weighted by molar-refractivity contribution is -0.135. The van der Waals surface area contributed by atoms with Crippen LogP contribution in [-0.4, -0.2) is 74.1 Å². The quantitative estimate of drug-likeness (QED) is 0.726. The van der Waals surface area contributed by atoms with E-state index in [1.54, 1.807) is 0 Å². The molecule has 114 valence electrons. The van der Waals surface area contributed by atoms with Crippen molar-refractivity contribution in [3.63, 3.8) is 0 Å². The van der Waals surface area contributed by atoms with Crippen LogP contribution in [0.2, 0.25) is 0 Å². The molecule has 1 atom stereocenters. The number of ether oxygens (including phenoxy) is 1. The SMILES string of the molecule is CC(=O)NCC(=O)N(CC1CC1)C[C@@H]1CN(C)CCO1. The predicted molar refractivity (Wildman–Crippen MR) is 75.2 cm³/mol. The van der Waals surface area contributed by atoms with Crippen LogP contribution in [-0.2, 0) is 14.3 Å². The Kier molecular flexibility index (Phi) is 5.37. The number of likely N-dealkylation sites (N-methyl/N-ethyl adjacent to an activating group) is 1. The van der Waals surface area contributed by atoms with Crippen LogP contribution in [0.4, 0.5) is 0 Å². The first-order valence-corrected chi connectivity index (χ1v) is 7.37. The summed E-state index contributed by atoms with van der Waals surface area (Å²) in [7, 11) is 2.07. The van der Waals surface area contributed by atoms with E-state index in [0.717, 1.165) is 26.2 Å². The Hall–Kier alpha value is -1.14. The lowest BCUT2D eigenvalue weighted by Gasteiger charge is -2.34. The van der Waals surface area contributed by atoms with Crippen molar-refractivity contribution in [1.82, 2.24) is 15.1 Å². The summed E-state index contributed by atoms with van der Waals surface area (Å²) in [5, 5.41) is 2.58. The van der Waals surface area contributed by atoms with Crippen LogP contribution in [0.5, 0.6) is 0 Å². The fourth-order valence-electron chi connectivity index (χ4n) is 2.43. The van der Waals surface area contributed by atoms with Crippen molar-refractivity contribution in [2.45, 2.75) is 25.9 Å². The average molecular weight is 283 g/mol. The predicted octanol–water partition coefficient (Wildman–Crippen LogP) is -0.308. The van der Waals surface area contributed by atoms with Gasteiger partial charge in [0.2, 0.25) is 11.8 Å². The summed E-state index contributed by atoms with van der Waals surface area (Å²) in [5.41, 5.74) is 0. The zero-order chi connectivity index (χ0) is 14.5. The van der Waals surface area contributed by atoms with E-state index in [1.807, 2.05) is 4.90 Å². The van der Waals surface area contributed by atoms with Gasteiger partial charge < -0.3 is 19.9 Å². The topological polar surface area (TPSA) is 61.9 Å². The molecule has 0 bridgehead atoms. The first kappa shape index (κ1) is 15.3. The van der Waals surface area contributed by atoms with Crippen molar-refractivity contribution in [3.05, 3.63) is 0 Å². The fraction of sp³-hybridized carbons (Fsp3) is 0.857. The van der Waals surface area contributed by atoms with Crippen LogP contribution in [0.3, 0.4) is 0 Å². The molecule has 2 rings (SSSR count). The van der Waals surface area contributed by atoms with Crippen LogP contribution in [0.1, 0.15) is 19.8 Å². The molecule has 1 aliphatic heterocycles. The molecule has 0 aromatic heterocycles. The normalized spacial score (nSPS) is 23.4. The second-order valence-electron chi connectivity index (χ2n) is 5.91. The fourth-order valence-corrected chi connectivity index (χ4v) is 2.43. The number of carbonyl (C=O) groups excluding carboxylic acids is 2. The first-order valence-electron chi connectivity index (χ1n) is 7.37. The molecule has 2 fully saturated rings. The van der Waals surface area contributed by atoms with Crippen molar-refractivity contribution in [2.75, 3.05) is 46.4 Å². The third-order valence-corrected chi connectivity index (χ3v) is 3.78. The number of nitrogens with zero attached hydrogens (tertiary/aromatic N) is 2. The second-order valence-corrected chi connectivity index (χ2v) is 5.91. The first-order chi connectivity index (χ1) is 9.54. The third-order valence-electron chi connectivity index (χ3n) is 3.78. The van der Waals surface area contributed by atoms with Gasteiger partial charge in [0.05, 0.1) is 19.3 Å². The van der Waals surface area contributed by atoms with Gasteiger partial charge in [-0.25, -0.2) is 0 Å². The molecule has 0 aromatic carbocycles. The minimum atomic E-state index is -0.168. The zero-order valence-electron chi connectivity index (χ0n) is 12.4. The van der Waals surface area contributed by atoms with Gasteiger partial charge in [0, 0.05) is 33.1 Å². The molecule has 0 unspecified atom stereocenters. The van der Waals surface area contributed by atoms with Gasteiger partial charge in [-0.3, -0.25) is 9.59 Å². The molecule has 0 radical (unpaired) electrons. The van der Waals surface area contributed by atoms with Crippen molar-refractivity contribution in [1.29, 1.82) is 0 Å². The Bertz CT molecular complexity index is 358. The summed E-state index contributed by atoms with van der Waals surface area (Å²) in [6.45, 7) is 5.45. The van der Waals surface area contributed by atoms with Crippen LogP contribution in [0, 0.1) is 5.92 Å². The lowest BCUT2D eigenvalue weighted by atomic mass is 10.2. The van der Waals surface area contributed by atoms with Crippen LogP contribution in [0.25, 0.3) is 0 Å². The van der Waals surface area contributed by atoms with Gasteiger partial charge in [-0.2, -0.15) is 0 Å². The monoisotopic (exact) mass is 283 g/mol. The molecule has 0 aromatic rings. The van der Waals surface area contributed by atoms with E-state index in [2.05, 4.69) is 17.3 Å². The highest BCUT2D eigenvalue weighted by molar-refractivity contribution is 5.83. The van der Waals surface area contributed by atoms with Gasteiger partial charge in [0.25, 0.3) is 0 Å². The molecule has 0 spiro atoms. The number of rotatable bonds is 6. The Labute approximate surface area is 120 Å². The minimum absolute atomic E-state index is 0.0103. The summed E-state index contributed by atoms with van der Waals surface area (Å²) >= 11 is 0. The van der Waals surface area contributed by atoms with Crippen LogP contribution in [0.15, 0.2) is 0 Å². The van der Waals surface area contributed by atoms with E-state index < -0.39 is 0 Å². The highest BCUT2D eigenvalue weighted by Crippen LogP contribution is 2.29. The number of hydrogen-bond donors (Lipinski definition) is 1. The maximum atomic E-state index is 12.2. The van der Waals surface area contributed by atoms with Crippen molar-refractivity contribution in [2.24, 2.45) is 5.92 Å². The van der Waals surface area contributed by atoms with Crippen LogP contribution >= 0.6 is 0 Å². The number of hydrogen-bond acceptors (Lipinski definition) is 4. The standard InChI is InChI=1S/C14H25N3O3/c1-11(18)15-7-14(19)17(8-12-3-4-12)10-13-9-16(2)5-6-20-13/h12-13H,3-10H2,1-2H3,(H,15,18)/t13-/m0/s1. The maximum absolute atomic E-state index is 12.2. The summed E-state index contributed by atoms with van der Waals surface area (Å²) in [6, 6.07) is 0. The van der Waals surface area contributed by atoms with Gasteiger partial charge in [-0.15, -0.1) is 0 Å². The molecule has 1 saturated carbocycles. The molecule has 2 aliphatic rings. The molecule has 20 heavy (non-hydrogen) atoms. The van der Waals surface area contributed by atoms with E-state index >= 15 is 0 Å². The van der Waals surface area contributed by atoms with Gasteiger partial charge in [0.1, 0.15) is 0 Å². The van der Waals surface area contributed by atoms with Crippen molar-refractivity contribution >= 4 is 11.8 Å². The largest absolute Gasteiger partial charge is 0.374 e. The Balaban J connectivity index is 1.85. The maximum Gasteiger partial charge on any atom is 0.242 e. The Morgan fingerprint density at radius 1 is 1.35 bits per heavy atom. The van der Waals surface area contributed by atoms with E-state index in [-0.39, 0.29) is 24.5 Å². The number of amides is 2. The highest BCUT2D eigenvalue weighted by Gasteiger charge is 2.29. The second kappa shape index (κ2) is 7.04. The van der Waals surface area contributed by atoms with Crippen molar-refractivity contribution in [3.8, 4) is 0 Å². The van der Waals surface area contributed by atoms with E-state index in [9.17, 15) is 9.59 Å². The number of carbonyl (C=O) groups is 2. The van der Waals surface area contributed by atoms with Gasteiger partial charge in [-0.05, 0) is 25.8 Å².